The number of aromatic nitrogens is 1. The highest BCUT2D eigenvalue weighted by molar-refractivity contribution is 5.69. The van der Waals surface area contributed by atoms with Gasteiger partial charge in [0.1, 0.15) is 0 Å². The van der Waals surface area contributed by atoms with Gasteiger partial charge in [0.15, 0.2) is 0 Å². The third-order valence-corrected chi connectivity index (χ3v) is 5.45. The SMILES string of the molecule is COC(=O)CCC/C=C\C[C@@H]1[C@@H](/C=C/[C@@H](O)CCc2ccccn2)[C@H](O)C[C@@H]1O. The van der Waals surface area contributed by atoms with Crippen LogP contribution >= 0.6 is 0 Å². The maximum absolute atomic E-state index is 11.1. The minimum Gasteiger partial charge on any atom is -0.469 e. The number of hydrogen-bond acceptors (Lipinski definition) is 6. The maximum Gasteiger partial charge on any atom is 0.305 e. The molecular weight excluding hydrogens is 370 g/mol. The molecule has 6 nitrogen and oxygen atoms in total. The zero-order valence-corrected chi connectivity index (χ0v) is 17.1. The van der Waals surface area contributed by atoms with E-state index in [2.05, 4.69) is 9.72 Å². The van der Waals surface area contributed by atoms with Crippen molar-refractivity contribution in [1.82, 2.24) is 4.98 Å². The molecule has 3 N–H and O–H groups in total. The number of aliphatic hydroxyl groups excluding tert-OH is 3. The first kappa shape index (κ1) is 23.3. The Hall–Kier alpha value is -2.02. The molecule has 0 radical (unpaired) electrons. The number of esters is 1. The molecule has 1 saturated carbocycles. The summed E-state index contributed by atoms with van der Waals surface area (Å²) in [6.07, 6.45) is 11.7. The smallest absolute Gasteiger partial charge is 0.305 e. The predicted molar refractivity (Wildman–Crippen MR) is 111 cm³/mol. The van der Waals surface area contributed by atoms with E-state index in [1.54, 1.807) is 12.3 Å². The molecule has 1 aromatic heterocycles. The number of aliphatic hydroxyl groups is 3. The van der Waals surface area contributed by atoms with E-state index in [9.17, 15) is 20.1 Å². The summed E-state index contributed by atoms with van der Waals surface area (Å²) in [7, 11) is 1.38. The molecule has 1 fully saturated rings. The predicted octanol–water partition coefficient (Wildman–Crippen LogP) is 2.58. The zero-order valence-electron chi connectivity index (χ0n) is 17.1. The molecule has 1 aromatic rings. The van der Waals surface area contributed by atoms with Crippen LogP contribution in [0.1, 0.15) is 44.2 Å². The zero-order chi connectivity index (χ0) is 21.1. The number of unbranched alkanes of at least 4 members (excludes halogenated alkanes) is 1. The van der Waals surface area contributed by atoms with Crippen LogP contribution in [0.25, 0.3) is 0 Å². The van der Waals surface area contributed by atoms with Gasteiger partial charge in [-0.3, -0.25) is 9.78 Å². The van der Waals surface area contributed by atoms with E-state index in [0.29, 0.717) is 32.1 Å². The molecule has 0 aromatic carbocycles. The van der Waals surface area contributed by atoms with Crippen molar-refractivity contribution in [2.75, 3.05) is 7.11 Å². The average molecular weight is 404 g/mol. The molecule has 0 bridgehead atoms. The number of carbonyl (C=O) groups excluding carboxylic acids is 1. The average Bonchev–Trinajstić information content (AvgIpc) is 3.00. The third kappa shape index (κ3) is 8.09. The first-order valence-electron chi connectivity index (χ1n) is 10.4. The van der Waals surface area contributed by atoms with Gasteiger partial charge in [0.05, 0.1) is 25.4 Å². The molecule has 0 unspecified atom stereocenters. The van der Waals surface area contributed by atoms with Crippen LogP contribution in [0.5, 0.6) is 0 Å². The number of aryl methyl sites for hydroxylation is 1. The maximum atomic E-state index is 11.1. The van der Waals surface area contributed by atoms with Crippen molar-refractivity contribution in [2.45, 2.75) is 63.3 Å². The van der Waals surface area contributed by atoms with E-state index >= 15 is 0 Å². The monoisotopic (exact) mass is 403 g/mol. The molecule has 5 atom stereocenters. The van der Waals surface area contributed by atoms with Crippen LogP contribution in [-0.2, 0) is 16.0 Å². The number of pyridine rings is 1. The fourth-order valence-corrected chi connectivity index (χ4v) is 3.74. The van der Waals surface area contributed by atoms with Crippen LogP contribution in [0, 0.1) is 11.8 Å². The summed E-state index contributed by atoms with van der Waals surface area (Å²) in [6.45, 7) is 0. The van der Waals surface area contributed by atoms with Gasteiger partial charge >= 0.3 is 5.97 Å². The number of nitrogens with zero attached hydrogens (tertiary/aromatic N) is 1. The summed E-state index contributed by atoms with van der Waals surface area (Å²) in [5.74, 6) is -0.477. The Labute approximate surface area is 172 Å². The molecule has 160 valence electrons. The Balaban J connectivity index is 1.80. The number of ether oxygens (including phenoxy) is 1. The quantitative estimate of drug-likeness (QED) is 0.298. The topological polar surface area (TPSA) is 99.9 Å². The largest absolute Gasteiger partial charge is 0.469 e. The number of rotatable bonds is 11. The Morgan fingerprint density at radius 3 is 2.86 bits per heavy atom. The molecule has 1 aliphatic rings. The fourth-order valence-electron chi connectivity index (χ4n) is 3.74. The van der Waals surface area contributed by atoms with Crippen LogP contribution in [-0.4, -0.2) is 51.7 Å². The van der Waals surface area contributed by atoms with Gasteiger partial charge < -0.3 is 20.1 Å². The van der Waals surface area contributed by atoms with Crippen molar-refractivity contribution in [3.63, 3.8) is 0 Å². The normalized spacial score (nSPS) is 25.7. The van der Waals surface area contributed by atoms with E-state index < -0.39 is 18.3 Å². The van der Waals surface area contributed by atoms with E-state index in [1.165, 1.54) is 7.11 Å². The van der Waals surface area contributed by atoms with Gasteiger partial charge in [-0.05, 0) is 50.2 Å². The second-order valence-electron chi connectivity index (χ2n) is 7.60. The summed E-state index contributed by atoms with van der Waals surface area (Å²) in [5.41, 5.74) is 0.937. The highest BCUT2D eigenvalue weighted by Gasteiger charge is 2.39. The standard InChI is InChI=1S/C23H33NO5/c1-29-23(28)10-5-3-2-4-9-19-20(22(27)16-21(19)26)14-13-18(25)12-11-17-8-6-7-15-24-17/h2,4,6-8,13-15,18-22,25-27H,3,5,9-12,16H2,1H3/b4-2-,14-13+/t18-,19+,20+,21-,22+/m0/s1. The molecule has 2 rings (SSSR count). The number of methoxy groups -OCH3 is 1. The van der Waals surface area contributed by atoms with Gasteiger partial charge in [0, 0.05) is 30.7 Å². The summed E-state index contributed by atoms with van der Waals surface area (Å²) in [4.78, 5) is 15.3. The summed E-state index contributed by atoms with van der Waals surface area (Å²) >= 11 is 0. The van der Waals surface area contributed by atoms with Crippen LogP contribution < -0.4 is 0 Å². The van der Waals surface area contributed by atoms with Gasteiger partial charge in [-0.25, -0.2) is 0 Å². The van der Waals surface area contributed by atoms with E-state index in [-0.39, 0.29) is 17.8 Å². The van der Waals surface area contributed by atoms with Gasteiger partial charge in [-0.1, -0.05) is 30.4 Å². The summed E-state index contributed by atoms with van der Waals surface area (Å²) < 4.78 is 4.61. The Morgan fingerprint density at radius 1 is 1.31 bits per heavy atom. The van der Waals surface area contributed by atoms with E-state index in [1.807, 2.05) is 36.4 Å². The molecule has 1 aliphatic carbocycles. The number of allylic oxidation sites excluding steroid dienone is 2. The Morgan fingerprint density at radius 2 is 2.14 bits per heavy atom. The molecule has 0 aliphatic heterocycles. The molecular formula is C23H33NO5. The van der Waals surface area contributed by atoms with Gasteiger partial charge in [-0.15, -0.1) is 0 Å². The summed E-state index contributed by atoms with van der Waals surface area (Å²) in [6, 6.07) is 5.72. The molecule has 0 saturated heterocycles. The minimum atomic E-state index is -0.614. The van der Waals surface area contributed by atoms with Crippen LogP contribution in [0.2, 0.25) is 0 Å². The molecule has 1 heterocycles. The number of hydrogen-bond donors (Lipinski definition) is 3. The lowest BCUT2D eigenvalue weighted by molar-refractivity contribution is -0.140. The molecule has 0 spiro atoms. The van der Waals surface area contributed by atoms with Crippen molar-refractivity contribution in [2.24, 2.45) is 11.8 Å². The molecule has 6 heteroatoms. The first-order valence-corrected chi connectivity index (χ1v) is 10.4. The van der Waals surface area contributed by atoms with Gasteiger partial charge in [-0.2, -0.15) is 0 Å². The van der Waals surface area contributed by atoms with E-state index in [4.69, 9.17) is 0 Å². The lowest BCUT2D eigenvalue weighted by Crippen LogP contribution is -2.20. The van der Waals surface area contributed by atoms with Crippen molar-refractivity contribution in [3.8, 4) is 0 Å². The highest BCUT2D eigenvalue weighted by Crippen LogP contribution is 2.36. The van der Waals surface area contributed by atoms with Crippen molar-refractivity contribution >= 4 is 5.97 Å². The molecule has 29 heavy (non-hydrogen) atoms. The third-order valence-electron chi connectivity index (χ3n) is 5.45. The Kier molecular flexibility index (Phi) is 10.0. The fraction of sp³-hybridized carbons (Fsp3) is 0.565. The van der Waals surface area contributed by atoms with Crippen molar-refractivity contribution in [1.29, 1.82) is 0 Å². The lowest BCUT2D eigenvalue weighted by Gasteiger charge is -2.19. The van der Waals surface area contributed by atoms with Crippen LogP contribution in [0.4, 0.5) is 0 Å². The van der Waals surface area contributed by atoms with Crippen molar-refractivity contribution in [3.05, 3.63) is 54.4 Å². The van der Waals surface area contributed by atoms with E-state index in [0.717, 1.165) is 18.5 Å². The van der Waals surface area contributed by atoms with Crippen LogP contribution in [0.3, 0.4) is 0 Å². The van der Waals surface area contributed by atoms with Crippen molar-refractivity contribution < 1.29 is 24.9 Å². The van der Waals surface area contributed by atoms with Gasteiger partial charge in [0.25, 0.3) is 0 Å². The summed E-state index contributed by atoms with van der Waals surface area (Å²) in [5, 5.41) is 30.8. The Bertz CT molecular complexity index is 660. The minimum absolute atomic E-state index is 0.0823. The molecule has 0 amide bonds. The lowest BCUT2D eigenvalue weighted by atomic mass is 9.89. The van der Waals surface area contributed by atoms with Gasteiger partial charge in [0.2, 0.25) is 0 Å². The second-order valence-corrected chi connectivity index (χ2v) is 7.60. The first-order chi connectivity index (χ1) is 14.0. The second kappa shape index (κ2) is 12.5. The highest BCUT2D eigenvalue weighted by atomic mass is 16.5. The number of carbonyl (C=O) groups is 1. The van der Waals surface area contributed by atoms with Crippen LogP contribution in [0.15, 0.2) is 48.7 Å².